The molecular formula is C18H22NO3P. The molecule has 0 radical (unpaired) electrons. The molecule has 0 aliphatic rings. The summed E-state index contributed by atoms with van der Waals surface area (Å²) in [4.78, 5) is 0. The first-order valence-electron chi connectivity index (χ1n) is 7.35. The van der Waals surface area contributed by atoms with E-state index in [0.717, 1.165) is 16.8 Å². The predicted molar refractivity (Wildman–Crippen MR) is 95.7 cm³/mol. The lowest BCUT2D eigenvalue weighted by atomic mass is 10.2. The van der Waals surface area contributed by atoms with Crippen molar-refractivity contribution in [1.82, 2.24) is 0 Å². The van der Waals surface area contributed by atoms with Gasteiger partial charge in [-0.2, -0.15) is 0 Å². The first-order valence-corrected chi connectivity index (χ1v) is 8.96. The fourth-order valence-corrected chi connectivity index (χ4v) is 3.33. The zero-order valence-electron chi connectivity index (χ0n) is 13.6. The van der Waals surface area contributed by atoms with Crippen molar-refractivity contribution >= 4 is 19.4 Å². The van der Waals surface area contributed by atoms with E-state index < -0.39 is 13.4 Å². The molecule has 4 nitrogen and oxygen atoms in total. The summed E-state index contributed by atoms with van der Waals surface area (Å²) in [6.07, 6.45) is 3.71. The van der Waals surface area contributed by atoms with Crippen molar-refractivity contribution in [2.75, 3.05) is 19.5 Å². The van der Waals surface area contributed by atoms with E-state index in [0.29, 0.717) is 0 Å². The van der Waals surface area contributed by atoms with Gasteiger partial charge >= 0.3 is 7.60 Å². The molecule has 0 aromatic heterocycles. The molecule has 2 rings (SSSR count). The molecule has 0 fully saturated rings. The highest BCUT2D eigenvalue weighted by Gasteiger charge is 2.32. The Kier molecular flexibility index (Phi) is 6.17. The predicted octanol–water partition coefficient (Wildman–Crippen LogP) is 4.93. The smallest absolute Gasteiger partial charge is 0.356 e. The average molecular weight is 331 g/mol. The van der Waals surface area contributed by atoms with Gasteiger partial charge in [0.1, 0.15) is 5.78 Å². The van der Waals surface area contributed by atoms with Gasteiger partial charge < -0.3 is 14.4 Å². The summed E-state index contributed by atoms with van der Waals surface area (Å²) in [5.74, 6) is -0.583. The Bertz CT molecular complexity index is 675. The van der Waals surface area contributed by atoms with Crippen molar-refractivity contribution in [1.29, 1.82) is 0 Å². The third-order valence-corrected chi connectivity index (χ3v) is 5.49. The summed E-state index contributed by atoms with van der Waals surface area (Å²) >= 11 is 0. The third-order valence-electron chi connectivity index (χ3n) is 3.49. The van der Waals surface area contributed by atoms with Gasteiger partial charge in [0.2, 0.25) is 0 Å². The number of rotatable bonds is 7. The standard InChI is InChI=1S/C18H22NO3P/c1-15-9-12-17(13-10-15)19-18(23(20,21-2)22-3)14-11-16-7-5-4-6-8-16/h4-14,18-19H,1-3H3/b14-11+. The number of hydrogen-bond donors (Lipinski definition) is 1. The molecule has 2 aromatic carbocycles. The van der Waals surface area contributed by atoms with Crippen LogP contribution in [-0.4, -0.2) is 20.0 Å². The lowest BCUT2D eigenvalue weighted by molar-refractivity contribution is 0.272. The van der Waals surface area contributed by atoms with Crippen LogP contribution in [0.3, 0.4) is 0 Å². The van der Waals surface area contributed by atoms with Gasteiger partial charge in [-0.25, -0.2) is 0 Å². The summed E-state index contributed by atoms with van der Waals surface area (Å²) in [5.41, 5.74) is 3.03. The van der Waals surface area contributed by atoms with E-state index >= 15 is 0 Å². The molecule has 0 spiro atoms. The van der Waals surface area contributed by atoms with Crippen molar-refractivity contribution in [3.8, 4) is 0 Å². The Morgan fingerprint density at radius 3 is 2.17 bits per heavy atom. The quantitative estimate of drug-likeness (QED) is 0.731. The van der Waals surface area contributed by atoms with Gasteiger partial charge in [0.15, 0.2) is 0 Å². The van der Waals surface area contributed by atoms with Crippen LogP contribution in [0.4, 0.5) is 5.69 Å². The maximum atomic E-state index is 12.8. The second kappa shape index (κ2) is 8.11. The molecule has 5 heteroatoms. The van der Waals surface area contributed by atoms with Gasteiger partial charge in [-0.05, 0) is 30.7 Å². The van der Waals surface area contributed by atoms with Crippen LogP contribution in [0.25, 0.3) is 6.08 Å². The lowest BCUT2D eigenvalue weighted by Gasteiger charge is -2.23. The number of hydrogen-bond acceptors (Lipinski definition) is 4. The Labute approximate surface area is 137 Å². The molecule has 2 aromatic rings. The SMILES string of the molecule is COP(=O)(OC)C(/C=C/c1ccccc1)Nc1ccc(C)cc1. The molecule has 0 saturated heterocycles. The fraction of sp³-hybridized carbons (Fsp3) is 0.222. The van der Waals surface area contributed by atoms with Crippen LogP contribution in [0, 0.1) is 6.92 Å². The molecule has 0 aliphatic carbocycles. The zero-order valence-corrected chi connectivity index (χ0v) is 14.5. The Hall–Kier alpha value is -1.87. The molecule has 0 saturated carbocycles. The zero-order chi connectivity index (χ0) is 16.7. The summed E-state index contributed by atoms with van der Waals surface area (Å²) in [7, 11) is -0.517. The minimum Gasteiger partial charge on any atom is -0.368 e. The van der Waals surface area contributed by atoms with E-state index in [9.17, 15) is 4.57 Å². The molecule has 1 unspecified atom stereocenters. The molecular weight excluding hydrogens is 309 g/mol. The van der Waals surface area contributed by atoms with Gasteiger partial charge in [-0.15, -0.1) is 0 Å². The molecule has 122 valence electrons. The van der Waals surface area contributed by atoms with E-state index in [-0.39, 0.29) is 0 Å². The van der Waals surface area contributed by atoms with Gasteiger partial charge in [0.05, 0.1) is 0 Å². The highest BCUT2D eigenvalue weighted by molar-refractivity contribution is 7.55. The minimum atomic E-state index is -3.30. The molecule has 23 heavy (non-hydrogen) atoms. The molecule has 0 amide bonds. The number of aryl methyl sites for hydroxylation is 1. The number of anilines is 1. The Balaban J connectivity index is 2.26. The van der Waals surface area contributed by atoms with Crippen LogP contribution in [0.15, 0.2) is 60.7 Å². The summed E-state index contributed by atoms with van der Waals surface area (Å²) < 4.78 is 23.1. The largest absolute Gasteiger partial charge is 0.368 e. The summed E-state index contributed by atoms with van der Waals surface area (Å²) in [5, 5.41) is 3.22. The minimum absolute atomic E-state index is 0.583. The van der Waals surface area contributed by atoms with Crippen LogP contribution in [0.5, 0.6) is 0 Å². The van der Waals surface area contributed by atoms with E-state index in [2.05, 4.69) is 5.32 Å². The topological polar surface area (TPSA) is 47.6 Å². The lowest BCUT2D eigenvalue weighted by Crippen LogP contribution is -2.19. The molecule has 0 heterocycles. The van der Waals surface area contributed by atoms with Crippen LogP contribution < -0.4 is 5.32 Å². The monoisotopic (exact) mass is 331 g/mol. The maximum Gasteiger partial charge on any atom is 0.356 e. The first-order chi connectivity index (χ1) is 11.1. The van der Waals surface area contributed by atoms with Gasteiger partial charge in [-0.1, -0.05) is 54.1 Å². The molecule has 1 N–H and O–H groups in total. The van der Waals surface area contributed by atoms with Crippen LogP contribution >= 0.6 is 7.60 Å². The second-order valence-electron chi connectivity index (χ2n) is 5.13. The normalized spacial score (nSPS) is 13.2. The maximum absolute atomic E-state index is 12.8. The summed E-state index contributed by atoms with van der Waals surface area (Å²) in [6, 6.07) is 17.7. The fourth-order valence-electron chi connectivity index (χ4n) is 2.12. The molecule has 0 aliphatic heterocycles. The van der Waals surface area contributed by atoms with Crippen LogP contribution in [0.1, 0.15) is 11.1 Å². The number of nitrogens with one attached hydrogen (secondary N) is 1. The van der Waals surface area contributed by atoms with Crippen molar-refractivity contribution in [3.05, 3.63) is 71.8 Å². The van der Waals surface area contributed by atoms with Crippen molar-refractivity contribution < 1.29 is 13.6 Å². The average Bonchev–Trinajstić information content (AvgIpc) is 2.60. The van der Waals surface area contributed by atoms with Crippen molar-refractivity contribution in [3.63, 3.8) is 0 Å². The third kappa shape index (κ3) is 4.80. The van der Waals surface area contributed by atoms with E-state index in [1.54, 1.807) is 0 Å². The Morgan fingerprint density at radius 1 is 1.00 bits per heavy atom. The van der Waals surface area contributed by atoms with E-state index in [1.165, 1.54) is 14.2 Å². The second-order valence-corrected chi connectivity index (χ2v) is 7.50. The van der Waals surface area contributed by atoms with Crippen LogP contribution in [-0.2, 0) is 13.6 Å². The van der Waals surface area contributed by atoms with Gasteiger partial charge in [-0.3, -0.25) is 4.57 Å². The highest BCUT2D eigenvalue weighted by Crippen LogP contribution is 2.52. The van der Waals surface area contributed by atoms with Gasteiger partial charge in [0.25, 0.3) is 0 Å². The first kappa shape index (κ1) is 17.5. The highest BCUT2D eigenvalue weighted by atomic mass is 31.2. The summed E-state index contributed by atoms with van der Waals surface area (Å²) in [6.45, 7) is 2.02. The van der Waals surface area contributed by atoms with Crippen molar-refractivity contribution in [2.24, 2.45) is 0 Å². The Morgan fingerprint density at radius 2 is 1.61 bits per heavy atom. The van der Waals surface area contributed by atoms with E-state index in [4.69, 9.17) is 9.05 Å². The van der Waals surface area contributed by atoms with Crippen molar-refractivity contribution in [2.45, 2.75) is 12.7 Å². The number of benzene rings is 2. The van der Waals surface area contributed by atoms with Gasteiger partial charge in [0, 0.05) is 19.9 Å². The van der Waals surface area contributed by atoms with E-state index in [1.807, 2.05) is 73.7 Å². The van der Waals surface area contributed by atoms with Crippen LogP contribution in [0.2, 0.25) is 0 Å². The molecule has 0 bridgehead atoms. The molecule has 1 atom stereocenters.